The first-order valence-corrected chi connectivity index (χ1v) is 9.47. The van der Waals surface area contributed by atoms with E-state index in [9.17, 15) is 12.6 Å². The van der Waals surface area contributed by atoms with Gasteiger partial charge in [-0.15, -0.1) is 0 Å². The van der Waals surface area contributed by atoms with Crippen LogP contribution in [-0.4, -0.2) is 42.2 Å². The Morgan fingerprint density at radius 3 is 2.65 bits per heavy atom. The molecule has 1 aromatic rings. The van der Waals surface area contributed by atoms with Crippen LogP contribution in [0, 0.1) is 0 Å². The Hall–Kier alpha value is -0.700. The molecule has 0 aliphatic carbocycles. The lowest BCUT2D eigenvalue weighted by molar-refractivity contribution is 0.580. The largest absolute Gasteiger partial charge is 0.369 e. The Bertz CT molecular complexity index is 593. The van der Waals surface area contributed by atoms with E-state index in [4.69, 9.17) is 11.6 Å². The monoisotopic (exact) mass is 339 g/mol. The van der Waals surface area contributed by atoms with Gasteiger partial charge in [0.1, 0.15) is 10.7 Å². The van der Waals surface area contributed by atoms with Gasteiger partial charge in [-0.3, -0.25) is 4.21 Å². The summed E-state index contributed by atoms with van der Waals surface area (Å²) >= 11 is 5.96. The van der Waals surface area contributed by atoms with Gasteiger partial charge in [0.05, 0.1) is 5.02 Å². The fourth-order valence-corrected chi connectivity index (χ4v) is 3.11. The SMILES string of the molecule is CCNc1ncc(S(=O)(=O)NCC(C)S(C)=O)cc1Cl. The van der Waals surface area contributed by atoms with Gasteiger partial charge in [-0.2, -0.15) is 0 Å². The van der Waals surface area contributed by atoms with Crippen molar-refractivity contribution in [2.75, 3.05) is 24.7 Å². The van der Waals surface area contributed by atoms with Crippen molar-refractivity contribution in [2.24, 2.45) is 0 Å². The Kier molecular flexibility index (Phi) is 6.38. The molecule has 0 amide bonds. The summed E-state index contributed by atoms with van der Waals surface area (Å²) in [5.41, 5.74) is 0. The van der Waals surface area contributed by atoms with Crippen molar-refractivity contribution >= 4 is 38.2 Å². The number of aromatic nitrogens is 1. The maximum absolute atomic E-state index is 12.1. The van der Waals surface area contributed by atoms with Crippen LogP contribution in [0.2, 0.25) is 5.02 Å². The van der Waals surface area contributed by atoms with Crippen LogP contribution < -0.4 is 10.0 Å². The van der Waals surface area contributed by atoms with E-state index in [1.54, 1.807) is 6.92 Å². The van der Waals surface area contributed by atoms with Crippen molar-refractivity contribution in [1.29, 1.82) is 0 Å². The minimum absolute atomic E-state index is 0.0155. The number of nitrogens with one attached hydrogen (secondary N) is 2. The molecule has 9 heteroatoms. The average molecular weight is 340 g/mol. The lowest BCUT2D eigenvalue weighted by Gasteiger charge is -2.11. The molecule has 0 radical (unpaired) electrons. The van der Waals surface area contributed by atoms with Gasteiger partial charge >= 0.3 is 0 Å². The lowest BCUT2D eigenvalue weighted by Crippen LogP contribution is -2.32. The normalized spacial score (nSPS) is 14.8. The zero-order valence-electron chi connectivity index (χ0n) is 11.5. The molecule has 0 saturated heterocycles. The van der Waals surface area contributed by atoms with E-state index in [2.05, 4.69) is 15.0 Å². The second-order valence-electron chi connectivity index (χ2n) is 4.19. The number of anilines is 1. The molecule has 0 fully saturated rings. The molecule has 0 aromatic carbocycles. The summed E-state index contributed by atoms with van der Waals surface area (Å²) in [6, 6.07) is 1.34. The van der Waals surface area contributed by atoms with Crippen molar-refractivity contribution in [2.45, 2.75) is 24.0 Å². The zero-order chi connectivity index (χ0) is 15.3. The summed E-state index contributed by atoms with van der Waals surface area (Å²) in [6.07, 6.45) is 2.77. The van der Waals surface area contributed by atoms with E-state index >= 15 is 0 Å². The predicted molar refractivity (Wildman–Crippen MR) is 82.1 cm³/mol. The molecule has 20 heavy (non-hydrogen) atoms. The van der Waals surface area contributed by atoms with E-state index in [-0.39, 0.29) is 21.7 Å². The summed E-state index contributed by atoms with van der Waals surface area (Å²) in [6.45, 7) is 4.32. The number of nitrogens with zero attached hydrogens (tertiary/aromatic N) is 1. The quantitative estimate of drug-likeness (QED) is 0.779. The van der Waals surface area contributed by atoms with Gasteiger partial charge in [0.2, 0.25) is 10.0 Å². The van der Waals surface area contributed by atoms with Gasteiger partial charge < -0.3 is 5.32 Å². The third-order valence-corrected chi connectivity index (χ3v) is 5.58. The summed E-state index contributed by atoms with van der Waals surface area (Å²) in [5, 5.41) is 2.89. The minimum atomic E-state index is -3.70. The predicted octanol–water partition coefficient (Wildman–Crippen LogP) is 1.21. The number of hydrogen-bond donors (Lipinski definition) is 2. The average Bonchev–Trinajstić information content (AvgIpc) is 2.38. The topological polar surface area (TPSA) is 88.2 Å². The standard InChI is InChI=1S/C11H18ClN3O3S2/c1-4-13-11-10(12)5-9(7-14-11)20(17,18)15-6-8(2)19(3)16/h5,7-8,15H,4,6H2,1-3H3,(H,13,14). The maximum atomic E-state index is 12.1. The van der Waals surface area contributed by atoms with Crippen LogP contribution in [0.4, 0.5) is 5.82 Å². The highest BCUT2D eigenvalue weighted by atomic mass is 35.5. The number of pyridine rings is 1. The van der Waals surface area contributed by atoms with Gasteiger partial charge in [-0.25, -0.2) is 18.1 Å². The summed E-state index contributed by atoms with van der Waals surface area (Å²) in [4.78, 5) is 3.96. The molecule has 1 heterocycles. The van der Waals surface area contributed by atoms with E-state index in [1.807, 2.05) is 6.92 Å². The van der Waals surface area contributed by atoms with Crippen molar-refractivity contribution in [3.63, 3.8) is 0 Å². The van der Waals surface area contributed by atoms with E-state index in [0.717, 1.165) is 0 Å². The number of halogens is 1. The smallest absolute Gasteiger partial charge is 0.242 e. The van der Waals surface area contributed by atoms with Gasteiger partial charge in [0, 0.05) is 41.6 Å². The first-order chi connectivity index (χ1) is 9.27. The van der Waals surface area contributed by atoms with Crippen LogP contribution >= 0.6 is 11.6 Å². The minimum Gasteiger partial charge on any atom is -0.369 e. The third-order valence-electron chi connectivity index (χ3n) is 2.60. The second kappa shape index (κ2) is 7.35. The highest BCUT2D eigenvalue weighted by Crippen LogP contribution is 2.22. The number of rotatable bonds is 7. The molecule has 1 aromatic heterocycles. The van der Waals surface area contributed by atoms with Crippen LogP contribution in [0.1, 0.15) is 13.8 Å². The summed E-state index contributed by atoms with van der Waals surface area (Å²) < 4.78 is 37.7. The van der Waals surface area contributed by atoms with Crippen LogP contribution in [0.15, 0.2) is 17.2 Å². The van der Waals surface area contributed by atoms with Crippen molar-refractivity contribution in [3.05, 3.63) is 17.3 Å². The first kappa shape index (κ1) is 17.4. The molecule has 114 valence electrons. The molecule has 0 aliphatic rings. The van der Waals surface area contributed by atoms with Crippen molar-refractivity contribution in [3.8, 4) is 0 Å². The molecule has 0 aliphatic heterocycles. The van der Waals surface area contributed by atoms with Crippen LogP contribution in [-0.2, 0) is 20.8 Å². The molecule has 2 atom stereocenters. The third kappa shape index (κ3) is 4.69. The van der Waals surface area contributed by atoms with Gasteiger partial charge in [-0.05, 0) is 19.9 Å². The molecular weight excluding hydrogens is 322 g/mol. The van der Waals surface area contributed by atoms with Gasteiger partial charge in [0.25, 0.3) is 0 Å². The van der Waals surface area contributed by atoms with Crippen LogP contribution in [0.5, 0.6) is 0 Å². The molecule has 6 nitrogen and oxygen atoms in total. The van der Waals surface area contributed by atoms with E-state index in [1.165, 1.54) is 18.5 Å². The Morgan fingerprint density at radius 2 is 2.15 bits per heavy atom. The molecule has 0 spiro atoms. The summed E-state index contributed by atoms with van der Waals surface area (Å²) in [5.74, 6) is 0.441. The molecule has 0 bridgehead atoms. The highest BCUT2D eigenvalue weighted by molar-refractivity contribution is 7.89. The summed E-state index contributed by atoms with van der Waals surface area (Å²) in [7, 11) is -4.79. The van der Waals surface area contributed by atoms with E-state index < -0.39 is 20.8 Å². The number of sulfonamides is 1. The maximum Gasteiger partial charge on any atom is 0.242 e. The fraction of sp³-hybridized carbons (Fsp3) is 0.545. The fourth-order valence-electron chi connectivity index (χ4n) is 1.29. The molecule has 2 unspecified atom stereocenters. The molecule has 0 saturated carbocycles. The molecular formula is C11H18ClN3O3S2. The zero-order valence-corrected chi connectivity index (χ0v) is 13.9. The van der Waals surface area contributed by atoms with Crippen molar-refractivity contribution in [1.82, 2.24) is 9.71 Å². The van der Waals surface area contributed by atoms with Crippen LogP contribution in [0.25, 0.3) is 0 Å². The number of hydrogen-bond acceptors (Lipinski definition) is 5. The van der Waals surface area contributed by atoms with E-state index in [0.29, 0.717) is 12.4 Å². The lowest BCUT2D eigenvalue weighted by atomic mass is 10.4. The van der Waals surface area contributed by atoms with Crippen LogP contribution in [0.3, 0.4) is 0 Å². The molecule has 2 N–H and O–H groups in total. The van der Waals surface area contributed by atoms with Gasteiger partial charge in [-0.1, -0.05) is 11.6 Å². The molecule has 1 rings (SSSR count). The second-order valence-corrected chi connectivity index (χ2v) is 8.17. The highest BCUT2D eigenvalue weighted by Gasteiger charge is 2.18. The Labute approximate surface area is 126 Å². The van der Waals surface area contributed by atoms with Gasteiger partial charge in [0.15, 0.2) is 0 Å². The Balaban J connectivity index is 2.88. The van der Waals surface area contributed by atoms with Crippen molar-refractivity contribution < 1.29 is 12.6 Å². The Morgan fingerprint density at radius 1 is 1.50 bits per heavy atom. The first-order valence-electron chi connectivity index (χ1n) is 5.99.